The summed E-state index contributed by atoms with van der Waals surface area (Å²) in [6, 6.07) is 5.23. The largest absolute Gasteiger partial charge is 0.497 e. The second-order valence-electron chi connectivity index (χ2n) is 5.83. The van der Waals surface area contributed by atoms with Crippen LogP contribution in [0.15, 0.2) is 27.9 Å². The Morgan fingerprint density at radius 2 is 2.17 bits per heavy atom. The number of carbonyl (C=O) groups excluding carboxylic acids is 1. The summed E-state index contributed by atoms with van der Waals surface area (Å²) in [5.41, 5.74) is 9.40. The van der Waals surface area contributed by atoms with Crippen molar-refractivity contribution in [2.24, 2.45) is 5.10 Å². The maximum absolute atomic E-state index is 12.6. The highest BCUT2D eigenvalue weighted by atomic mass is 16.6. The molecule has 152 valence electrons. The number of ether oxygens (including phenoxy) is 2. The van der Waals surface area contributed by atoms with Crippen LogP contribution in [0.2, 0.25) is 0 Å². The van der Waals surface area contributed by atoms with Crippen molar-refractivity contribution in [3.05, 3.63) is 35.2 Å². The minimum absolute atomic E-state index is 0.0438. The topological polar surface area (TPSA) is 156 Å². The predicted molar refractivity (Wildman–Crippen MR) is 102 cm³/mol. The van der Waals surface area contributed by atoms with Gasteiger partial charge in [-0.3, -0.25) is 4.79 Å². The fourth-order valence-corrected chi connectivity index (χ4v) is 2.60. The highest BCUT2D eigenvalue weighted by molar-refractivity contribution is 5.94. The van der Waals surface area contributed by atoms with Gasteiger partial charge in [0.25, 0.3) is 5.91 Å². The van der Waals surface area contributed by atoms with Crippen LogP contribution in [0.1, 0.15) is 35.1 Å². The fourth-order valence-electron chi connectivity index (χ4n) is 2.60. The molecule has 0 saturated heterocycles. The molecule has 0 saturated carbocycles. The lowest BCUT2D eigenvalue weighted by Crippen LogP contribution is -2.20. The number of nitrogens with zero attached hydrogens (tertiary/aromatic N) is 6. The zero-order chi connectivity index (χ0) is 20.8. The molecule has 1 aromatic carbocycles. The standard InChI is InChI=1S/C17H20N8O4/c1-4-5-12-14(20-24-25(12)16-15(18)22-29-23-16)17(26)21-19-9-10-8-11(27-2)6-7-13(10)28-3/h6-9H,4-5H2,1-3H3,(H2,18,22)(H,21,26)/b19-9-. The molecule has 2 aromatic heterocycles. The summed E-state index contributed by atoms with van der Waals surface area (Å²) in [7, 11) is 3.10. The molecule has 0 fully saturated rings. The van der Waals surface area contributed by atoms with E-state index in [2.05, 4.69) is 35.8 Å². The van der Waals surface area contributed by atoms with Crippen LogP contribution >= 0.6 is 0 Å². The van der Waals surface area contributed by atoms with Gasteiger partial charge in [-0.15, -0.1) is 5.10 Å². The third-order valence-corrected chi connectivity index (χ3v) is 3.97. The average molecular weight is 400 g/mol. The molecule has 3 rings (SSSR count). The zero-order valence-electron chi connectivity index (χ0n) is 16.1. The number of rotatable bonds is 8. The summed E-state index contributed by atoms with van der Waals surface area (Å²) >= 11 is 0. The molecule has 12 heteroatoms. The van der Waals surface area contributed by atoms with Crippen LogP contribution in [-0.4, -0.2) is 51.6 Å². The van der Waals surface area contributed by atoms with Crippen LogP contribution in [0.25, 0.3) is 5.82 Å². The van der Waals surface area contributed by atoms with Crippen LogP contribution in [0.4, 0.5) is 5.82 Å². The predicted octanol–water partition coefficient (Wildman–Crippen LogP) is 0.966. The van der Waals surface area contributed by atoms with Gasteiger partial charge in [0.1, 0.15) is 11.5 Å². The number of nitrogens with one attached hydrogen (secondary N) is 1. The summed E-state index contributed by atoms with van der Waals surface area (Å²) < 4.78 is 16.4. The number of carbonyl (C=O) groups is 1. The van der Waals surface area contributed by atoms with Crippen LogP contribution in [-0.2, 0) is 6.42 Å². The number of methoxy groups -OCH3 is 2. The summed E-state index contributed by atoms with van der Waals surface area (Å²) in [5, 5.41) is 19.1. The zero-order valence-corrected chi connectivity index (χ0v) is 16.1. The van der Waals surface area contributed by atoms with E-state index in [4.69, 9.17) is 15.2 Å². The highest BCUT2D eigenvalue weighted by Crippen LogP contribution is 2.22. The number of aromatic nitrogens is 5. The molecule has 0 spiro atoms. The van der Waals surface area contributed by atoms with Crippen LogP contribution in [0.3, 0.4) is 0 Å². The van der Waals surface area contributed by atoms with Crippen molar-refractivity contribution in [1.29, 1.82) is 0 Å². The first-order chi connectivity index (χ1) is 14.1. The van der Waals surface area contributed by atoms with Gasteiger partial charge in [0.05, 0.1) is 26.1 Å². The van der Waals surface area contributed by atoms with Gasteiger partial charge in [-0.1, -0.05) is 18.6 Å². The van der Waals surface area contributed by atoms with Gasteiger partial charge in [-0.05, 0) is 34.9 Å². The van der Waals surface area contributed by atoms with E-state index in [1.165, 1.54) is 18.0 Å². The van der Waals surface area contributed by atoms with E-state index in [1.807, 2.05) is 6.92 Å². The summed E-state index contributed by atoms with van der Waals surface area (Å²) in [6.45, 7) is 1.96. The number of benzene rings is 1. The van der Waals surface area contributed by atoms with E-state index in [1.54, 1.807) is 25.3 Å². The Morgan fingerprint density at radius 3 is 2.83 bits per heavy atom. The van der Waals surface area contributed by atoms with Gasteiger partial charge < -0.3 is 15.2 Å². The monoisotopic (exact) mass is 400 g/mol. The Morgan fingerprint density at radius 1 is 1.34 bits per heavy atom. The number of nitrogens with two attached hydrogens (primary N) is 1. The molecule has 0 radical (unpaired) electrons. The Bertz CT molecular complexity index is 1030. The fraction of sp³-hybridized carbons (Fsp3) is 0.294. The SMILES string of the molecule is CCCc1c(C(=O)N/N=C\c2cc(OC)ccc2OC)nnn1-c1nonc1N. The molecule has 12 nitrogen and oxygen atoms in total. The number of anilines is 1. The number of amides is 1. The number of hydrogen-bond donors (Lipinski definition) is 2. The van der Waals surface area contributed by atoms with Gasteiger partial charge in [0.2, 0.25) is 11.6 Å². The Labute approximate surface area is 165 Å². The second kappa shape index (κ2) is 8.82. The molecule has 0 unspecified atom stereocenters. The third kappa shape index (κ3) is 4.15. The smallest absolute Gasteiger partial charge is 0.293 e. The van der Waals surface area contributed by atoms with Gasteiger partial charge in [-0.25, -0.2) is 10.1 Å². The Hall–Kier alpha value is -3.96. The number of hydrazone groups is 1. The van der Waals surface area contributed by atoms with Crippen molar-refractivity contribution in [3.8, 4) is 17.3 Å². The Kier molecular flexibility index (Phi) is 6.02. The third-order valence-electron chi connectivity index (χ3n) is 3.97. The Balaban J connectivity index is 1.82. The van der Waals surface area contributed by atoms with Gasteiger partial charge in [0, 0.05) is 5.56 Å². The van der Waals surface area contributed by atoms with Gasteiger partial charge in [-0.2, -0.15) is 9.78 Å². The van der Waals surface area contributed by atoms with E-state index in [-0.39, 0.29) is 17.3 Å². The quantitative estimate of drug-likeness (QED) is 0.415. The molecule has 3 aromatic rings. The van der Waals surface area contributed by atoms with Crippen molar-refractivity contribution >= 4 is 17.9 Å². The first-order valence-electron chi connectivity index (χ1n) is 8.67. The lowest BCUT2D eigenvalue weighted by atomic mass is 10.2. The maximum Gasteiger partial charge on any atom is 0.293 e. The first-order valence-corrected chi connectivity index (χ1v) is 8.67. The van der Waals surface area contributed by atoms with E-state index < -0.39 is 5.91 Å². The van der Waals surface area contributed by atoms with Crippen LogP contribution in [0, 0.1) is 0 Å². The number of hydrogen-bond acceptors (Lipinski definition) is 10. The lowest BCUT2D eigenvalue weighted by Gasteiger charge is -2.07. The minimum atomic E-state index is -0.534. The summed E-state index contributed by atoms with van der Waals surface area (Å²) in [5.74, 6) is 0.890. The van der Waals surface area contributed by atoms with Crippen LogP contribution < -0.4 is 20.6 Å². The maximum atomic E-state index is 12.6. The van der Waals surface area contributed by atoms with Crippen molar-refractivity contribution in [2.75, 3.05) is 20.0 Å². The first kappa shape index (κ1) is 19.8. The van der Waals surface area contributed by atoms with E-state index >= 15 is 0 Å². The van der Waals surface area contributed by atoms with Crippen molar-refractivity contribution < 1.29 is 18.9 Å². The molecule has 29 heavy (non-hydrogen) atoms. The molecule has 2 heterocycles. The van der Waals surface area contributed by atoms with E-state index in [9.17, 15) is 4.79 Å². The second-order valence-corrected chi connectivity index (χ2v) is 5.83. The molecule has 0 aliphatic rings. The van der Waals surface area contributed by atoms with Crippen molar-refractivity contribution in [3.63, 3.8) is 0 Å². The van der Waals surface area contributed by atoms with Crippen molar-refractivity contribution in [1.82, 2.24) is 30.7 Å². The molecular formula is C17H20N8O4. The minimum Gasteiger partial charge on any atom is -0.497 e. The lowest BCUT2D eigenvalue weighted by molar-refractivity contribution is 0.0949. The van der Waals surface area contributed by atoms with E-state index in [0.717, 1.165) is 6.42 Å². The molecule has 3 N–H and O–H groups in total. The van der Waals surface area contributed by atoms with Gasteiger partial charge in [0.15, 0.2) is 5.69 Å². The molecule has 0 bridgehead atoms. The summed E-state index contributed by atoms with van der Waals surface area (Å²) in [6.07, 6.45) is 2.70. The molecule has 0 atom stereocenters. The number of nitrogen functional groups attached to an aromatic ring is 1. The average Bonchev–Trinajstić information content (AvgIpc) is 3.33. The van der Waals surface area contributed by atoms with E-state index in [0.29, 0.717) is 29.2 Å². The van der Waals surface area contributed by atoms with Crippen molar-refractivity contribution in [2.45, 2.75) is 19.8 Å². The van der Waals surface area contributed by atoms with Crippen LogP contribution in [0.5, 0.6) is 11.5 Å². The highest BCUT2D eigenvalue weighted by Gasteiger charge is 2.23. The van der Waals surface area contributed by atoms with Gasteiger partial charge >= 0.3 is 0 Å². The summed E-state index contributed by atoms with van der Waals surface area (Å²) in [4.78, 5) is 12.6. The molecule has 0 aliphatic heterocycles. The normalized spacial score (nSPS) is 11.0. The molecule has 1 amide bonds. The molecule has 0 aliphatic carbocycles. The molecular weight excluding hydrogens is 380 g/mol.